The first-order valence-corrected chi connectivity index (χ1v) is 8.88. The smallest absolute Gasteiger partial charge is 0.269 e. The van der Waals surface area contributed by atoms with Crippen LogP contribution in [0.2, 0.25) is 0 Å². The van der Waals surface area contributed by atoms with Gasteiger partial charge in [-0.15, -0.1) is 0 Å². The van der Waals surface area contributed by atoms with Crippen molar-refractivity contribution >= 4 is 5.91 Å². The minimum absolute atomic E-state index is 0.0115. The molecule has 0 spiro atoms. The maximum absolute atomic E-state index is 12.5. The monoisotopic (exact) mass is 320 g/mol. The maximum Gasteiger partial charge on any atom is 0.269 e. The van der Waals surface area contributed by atoms with Gasteiger partial charge in [0.1, 0.15) is 5.69 Å². The van der Waals surface area contributed by atoms with Gasteiger partial charge in [0.2, 0.25) is 0 Å². The number of aromatic nitrogens is 2. The summed E-state index contributed by atoms with van der Waals surface area (Å²) in [5, 5.41) is 7.37. The Morgan fingerprint density at radius 1 is 1.30 bits per heavy atom. The molecule has 2 aliphatic rings. The van der Waals surface area contributed by atoms with Crippen LogP contribution in [0.15, 0.2) is 12.3 Å². The minimum Gasteiger partial charge on any atom is -0.379 e. The predicted octanol–water partition coefficient (Wildman–Crippen LogP) is 1.67. The van der Waals surface area contributed by atoms with Gasteiger partial charge in [0.05, 0.1) is 13.2 Å². The lowest BCUT2D eigenvalue weighted by Crippen LogP contribution is -2.59. The summed E-state index contributed by atoms with van der Waals surface area (Å²) in [6.45, 7) is 6.99. The molecule has 1 aromatic heterocycles. The zero-order valence-corrected chi connectivity index (χ0v) is 14.1. The molecule has 128 valence electrons. The summed E-state index contributed by atoms with van der Waals surface area (Å²) in [6.07, 6.45) is 7.83. The van der Waals surface area contributed by atoms with Crippen molar-refractivity contribution in [1.29, 1.82) is 0 Å². The molecule has 1 N–H and O–H groups in total. The third-order valence-electron chi connectivity index (χ3n) is 5.29. The fourth-order valence-electron chi connectivity index (χ4n) is 3.97. The molecule has 0 radical (unpaired) electrons. The van der Waals surface area contributed by atoms with Gasteiger partial charge in [-0.3, -0.25) is 14.4 Å². The molecular weight excluding hydrogens is 292 g/mol. The van der Waals surface area contributed by atoms with Crippen LogP contribution in [0.4, 0.5) is 0 Å². The number of nitrogens with zero attached hydrogens (tertiary/aromatic N) is 3. The lowest BCUT2D eigenvalue weighted by molar-refractivity contribution is -0.0361. The number of carbonyl (C=O) groups excluding carboxylic acids is 1. The predicted molar refractivity (Wildman–Crippen MR) is 88.4 cm³/mol. The van der Waals surface area contributed by atoms with Gasteiger partial charge in [-0.05, 0) is 25.8 Å². The topological polar surface area (TPSA) is 59.4 Å². The van der Waals surface area contributed by atoms with E-state index in [4.69, 9.17) is 4.74 Å². The number of rotatable bonds is 5. The number of carbonyl (C=O) groups is 1. The van der Waals surface area contributed by atoms with E-state index in [9.17, 15) is 4.79 Å². The molecule has 23 heavy (non-hydrogen) atoms. The standard InChI is InChI=1S/C17H28N4O2/c1-2-21-15(6-9-19-21)16(22)18-14-17(7-4-3-5-8-17)20-10-12-23-13-11-20/h6,9H,2-5,7-8,10-14H2,1H3,(H,18,22). The summed E-state index contributed by atoms with van der Waals surface area (Å²) in [4.78, 5) is 15.1. The number of nitrogens with one attached hydrogen (secondary N) is 1. The number of ether oxygens (including phenoxy) is 1. The molecule has 0 unspecified atom stereocenters. The summed E-state index contributed by atoms with van der Waals surface area (Å²) >= 11 is 0. The molecule has 0 bridgehead atoms. The number of hydrogen-bond donors (Lipinski definition) is 1. The molecule has 1 saturated carbocycles. The first-order valence-electron chi connectivity index (χ1n) is 8.88. The minimum atomic E-state index is -0.0115. The van der Waals surface area contributed by atoms with E-state index in [0.29, 0.717) is 12.2 Å². The van der Waals surface area contributed by atoms with Crippen molar-refractivity contribution in [2.75, 3.05) is 32.8 Å². The van der Waals surface area contributed by atoms with Crippen molar-refractivity contribution in [2.24, 2.45) is 0 Å². The Morgan fingerprint density at radius 2 is 2.04 bits per heavy atom. The Labute approximate surface area is 138 Å². The first kappa shape index (κ1) is 16.5. The highest BCUT2D eigenvalue weighted by Gasteiger charge is 2.38. The van der Waals surface area contributed by atoms with Crippen LogP contribution in [-0.4, -0.2) is 59.0 Å². The van der Waals surface area contributed by atoms with E-state index < -0.39 is 0 Å². The van der Waals surface area contributed by atoms with E-state index in [2.05, 4.69) is 15.3 Å². The van der Waals surface area contributed by atoms with Gasteiger partial charge in [-0.25, -0.2) is 0 Å². The maximum atomic E-state index is 12.5. The van der Waals surface area contributed by atoms with Crippen molar-refractivity contribution in [2.45, 2.75) is 51.1 Å². The van der Waals surface area contributed by atoms with E-state index in [1.807, 2.05) is 6.92 Å². The number of hydrogen-bond acceptors (Lipinski definition) is 4. The largest absolute Gasteiger partial charge is 0.379 e. The molecule has 6 nitrogen and oxygen atoms in total. The Kier molecular flexibility index (Phi) is 5.33. The van der Waals surface area contributed by atoms with Crippen LogP contribution in [0.1, 0.15) is 49.5 Å². The zero-order valence-electron chi connectivity index (χ0n) is 14.1. The van der Waals surface area contributed by atoms with Crippen LogP contribution in [0.3, 0.4) is 0 Å². The molecule has 6 heteroatoms. The molecule has 3 rings (SSSR count). The third kappa shape index (κ3) is 3.58. The molecule has 1 saturated heterocycles. The van der Waals surface area contributed by atoms with Gasteiger partial charge in [-0.1, -0.05) is 19.3 Å². The Bertz CT molecular complexity index is 516. The summed E-state index contributed by atoms with van der Waals surface area (Å²) in [6, 6.07) is 1.79. The van der Waals surface area contributed by atoms with Gasteiger partial charge < -0.3 is 10.1 Å². The average molecular weight is 320 g/mol. The van der Waals surface area contributed by atoms with Crippen molar-refractivity contribution in [3.8, 4) is 0 Å². The fourth-order valence-corrected chi connectivity index (χ4v) is 3.97. The zero-order chi connectivity index (χ0) is 16.1. The summed E-state index contributed by atoms with van der Waals surface area (Å²) in [5.41, 5.74) is 0.759. The lowest BCUT2D eigenvalue weighted by Gasteiger charge is -2.48. The SMILES string of the molecule is CCn1nccc1C(=O)NCC1(N2CCOCC2)CCCCC1. The van der Waals surface area contributed by atoms with Crippen LogP contribution in [0.5, 0.6) is 0 Å². The van der Waals surface area contributed by atoms with Crippen molar-refractivity contribution in [3.05, 3.63) is 18.0 Å². The van der Waals surface area contributed by atoms with Gasteiger partial charge >= 0.3 is 0 Å². The van der Waals surface area contributed by atoms with Crippen LogP contribution in [0, 0.1) is 0 Å². The average Bonchev–Trinajstić information content (AvgIpc) is 3.10. The molecule has 1 amide bonds. The van der Waals surface area contributed by atoms with Gasteiger partial charge in [-0.2, -0.15) is 5.10 Å². The van der Waals surface area contributed by atoms with Crippen molar-refractivity contribution in [1.82, 2.24) is 20.0 Å². The number of amides is 1. The molecule has 2 heterocycles. The summed E-state index contributed by atoms with van der Waals surface area (Å²) in [5.74, 6) is -0.0115. The molecule has 2 fully saturated rings. The summed E-state index contributed by atoms with van der Waals surface area (Å²) in [7, 11) is 0. The quantitative estimate of drug-likeness (QED) is 0.896. The third-order valence-corrected chi connectivity index (χ3v) is 5.29. The molecule has 1 aliphatic heterocycles. The Balaban J connectivity index is 1.67. The highest BCUT2D eigenvalue weighted by molar-refractivity contribution is 5.92. The Hall–Kier alpha value is -1.40. The highest BCUT2D eigenvalue weighted by atomic mass is 16.5. The molecule has 1 aromatic rings. The van der Waals surface area contributed by atoms with Crippen LogP contribution in [0.25, 0.3) is 0 Å². The van der Waals surface area contributed by atoms with Gasteiger partial charge in [0.25, 0.3) is 5.91 Å². The molecule has 0 aromatic carbocycles. The lowest BCUT2D eigenvalue weighted by atomic mass is 9.79. The van der Waals surface area contributed by atoms with Crippen LogP contribution >= 0.6 is 0 Å². The summed E-state index contributed by atoms with van der Waals surface area (Å²) < 4.78 is 7.26. The van der Waals surface area contributed by atoms with E-state index in [-0.39, 0.29) is 11.4 Å². The van der Waals surface area contributed by atoms with E-state index >= 15 is 0 Å². The molecule has 1 aliphatic carbocycles. The molecule has 0 atom stereocenters. The van der Waals surface area contributed by atoms with E-state index in [1.54, 1.807) is 16.9 Å². The number of morpholine rings is 1. The first-order chi connectivity index (χ1) is 11.2. The van der Waals surface area contributed by atoms with Crippen LogP contribution in [-0.2, 0) is 11.3 Å². The van der Waals surface area contributed by atoms with Gasteiger partial charge in [0, 0.05) is 37.9 Å². The van der Waals surface area contributed by atoms with Gasteiger partial charge in [0.15, 0.2) is 0 Å². The Morgan fingerprint density at radius 3 is 2.74 bits per heavy atom. The van der Waals surface area contributed by atoms with Crippen molar-refractivity contribution < 1.29 is 9.53 Å². The number of aryl methyl sites for hydroxylation is 1. The van der Waals surface area contributed by atoms with Crippen LogP contribution < -0.4 is 5.32 Å². The second-order valence-corrected chi connectivity index (χ2v) is 6.60. The van der Waals surface area contributed by atoms with E-state index in [1.165, 1.54) is 32.1 Å². The molecular formula is C17H28N4O2. The van der Waals surface area contributed by atoms with Crippen molar-refractivity contribution in [3.63, 3.8) is 0 Å². The normalized spacial score (nSPS) is 22.0. The fraction of sp³-hybridized carbons (Fsp3) is 0.765. The van der Waals surface area contributed by atoms with E-state index in [0.717, 1.165) is 32.8 Å². The second kappa shape index (κ2) is 7.45. The highest BCUT2D eigenvalue weighted by Crippen LogP contribution is 2.33. The second-order valence-electron chi connectivity index (χ2n) is 6.60.